The second kappa shape index (κ2) is 9.48. The lowest BCUT2D eigenvalue weighted by Crippen LogP contribution is -2.46. The van der Waals surface area contributed by atoms with Crippen LogP contribution < -0.4 is 10.3 Å². The number of nitrogens with zero attached hydrogens (tertiary/aromatic N) is 2. The molecular weight excluding hydrogens is 418 g/mol. The molecule has 0 atom stereocenters. The van der Waals surface area contributed by atoms with Crippen LogP contribution in [0.2, 0.25) is 0 Å². The highest BCUT2D eigenvalue weighted by molar-refractivity contribution is 5.70. The van der Waals surface area contributed by atoms with Crippen molar-refractivity contribution < 1.29 is 22.1 Å². The zero-order chi connectivity index (χ0) is 23.3. The van der Waals surface area contributed by atoms with Crippen LogP contribution in [0.4, 0.5) is 23.2 Å². The molecular formula is C25H20F4N3+. The number of hydrogen-bond acceptors (Lipinski definition) is 2. The highest BCUT2D eigenvalue weighted by Crippen LogP contribution is 2.17. The molecule has 1 heterocycles. The van der Waals surface area contributed by atoms with Gasteiger partial charge >= 0.3 is 5.92 Å². The Kier molecular flexibility index (Phi) is 6.74. The summed E-state index contributed by atoms with van der Waals surface area (Å²) in [6.45, 7) is 0.249. The highest BCUT2D eigenvalue weighted by Gasteiger charge is 2.30. The maximum Gasteiger partial charge on any atom is 0.302 e. The summed E-state index contributed by atoms with van der Waals surface area (Å²) in [7, 11) is 0. The van der Waals surface area contributed by atoms with Crippen LogP contribution in [-0.2, 0) is 6.54 Å². The van der Waals surface area contributed by atoms with Gasteiger partial charge in [-0.3, -0.25) is 0 Å². The molecule has 2 aromatic carbocycles. The van der Waals surface area contributed by atoms with Crippen LogP contribution in [0.3, 0.4) is 0 Å². The molecule has 1 aromatic heterocycles. The molecule has 162 valence electrons. The number of nitriles is 1. The molecule has 3 aromatic rings. The fourth-order valence-corrected chi connectivity index (χ4v) is 3.09. The van der Waals surface area contributed by atoms with Crippen molar-refractivity contribution in [3.8, 4) is 6.07 Å². The van der Waals surface area contributed by atoms with E-state index in [1.807, 2.05) is 0 Å². The summed E-state index contributed by atoms with van der Waals surface area (Å²) in [6, 6.07) is 15.1. The molecule has 7 heteroatoms. The zero-order valence-electron chi connectivity index (χ0n) is 17.2. The van der Waals surface area contributed by atoms with E-state index in [1.165, 1.54) is 41.0 Å². The van der Waals surface area contributed by atoms with Crippen LogP contribution in [0.25, 0.3) is 24.3 Å². The van der Waals surface area contributed by atoms with Crippen molar-refractivity contribution in [2.75, 3.05) is 5.73 Å². The Bertz CT molecular complexity index is 1230. The number of aromatic nitrogens is 1. The van der Waals surface area contributed by atoms with Gasteiger partial charge in [0.2, 0.25) is 17.9 Å². The molecule has 0 radical (unpaired) electrons. The number of alkyl halides is 2. The minimum atomic E-state index is -2.98. The van der Waals surface area contributed by atoms with Crippen LogP contribution in [0.15, 0.2) is 54.6 Å². The Labute approximate surface area is 183 Å². The molecule has 3 rings (SSSR count). The molecule has 0 saturated heterocycles. The zero-order valence-corrected chi connectivity index (χ0v) is 17.2. The topological polar surface area (TPSA) is 53.7 Å². The van der Waals surface area contributed by atoms with Gasteiger partial charge in [-0.1, -0.05) is 12.1 Å². The molecule has 3 nitrogen and oxygen atoms in total. The average molecular weight is 438 g/mol. The molecule has 0 spiro atoms. The van der Waals surface area contributed by atoms with E-state index in [-0.39, 0.29) is 11.3 Å². The third-order valence-electron chi connectivity index (χ3n) is 4.62. The SMILES string of the molecule is CC(F)(F)C[n+]1c(/C=C/c2ccc(F)c(N)c2)cccc1/C=C/c1ccc(F)c(C#N)c1. The summed E-state index contributed by atoms with van der Waals surface area (Å²) < 4.78 is 56.2. The predicted molar refractivity (Wildman–Crippen MR) is 117 cm³/mol. The number of rotatable bonds is 6. The molecule has 0 amide bonds. The van der Waals surface area contributed by atoms with Gasteiger partial charge in [-0.15, -0.1) is 0 Å². The van der Waals surface area contributed by atoms with Gasteiger partial charge in [0.1, 0.15) is 17.7 Å². The van der Waals surface area contributed by atoms with Gasteiger partial charge in [0.05, 0.1) is 11.3 Å². The third kappa shape index (κ3) is 5.82. The summed E-state index contributed by atoms with van der Waals surface area (Å²) in [5, 5.41) is 8.98. The second-order valence-electron chi connectivity index (χ2n) is 7.33. The van der Waals surface area contributed by atoms with E-state index in [9.17, 15) is 17.6 Å². The average Bonchev–Trinajstić information content (AvgIpc) is 2.74. The predicted octanol–water partition coefficient (Wildman–Crippen LogP) is 5.70. The summed E-state index contributed by atoms with van der Waals surface area (Å²) in [5.74, 6) is -4.14. The summed E-state index contributed by atoms with van der Waals surface area (Å²) in [6.07, 6.45) is 6.53. The quantitative estimate of drug-likeness (QED) is 0.305. The Hall–Kier alpha value is -3.92. The lowest BCUT2D eigenvalue weighted by atomic mass is 10.1. The minimum Gasteiger partial charge on any atom is -0.396 e. The van der Waals surface area contributed by atoms with E-state index in [4.69, 9.17) is 11.0 Å². The maximum atomic E-state index is 13.9. The number of nitrogen functional groups attached to an aromatic ring is 1. The lowest BCUT2D eigenvalue weighted by Gasteiger charge is -2.10. The number of benzene rings is 2. The number of hydrogen-bond donors (Lipinski definition) is 1. The van der Waals surface area contributed by atoms with E-state index in [0.29, 0.717) is 22.5 Å². The molecule has 32 heavy (non-hydrogen) atoms. The van der Waals surface area contributed by atoms with Crippen molar-refractivity contribution in [1.82, 2.24) is 0 Å². The molecule has 0 unspecified atom stereocenters. The standard InChI is InChI=1S/C25H20F4N3/c1-25(28,29)16-32-20(9-5-17-7-11-22(26)19(13-17)15-30)3-2-4-21(32)10-6-18-8-12-23(27)24(31)14-18/h2-14H,16,31H2,1H3/q+1/b9-5+,10-6+. The Morgan fingerprint density at radius 1 is 0.906 bits per heavy atom. The number of anilines is 1. The van der Waals surface area contributed by atoms with Crippen LogP contribution in [0.5, 0.6) is 0 Å². The fraction of sp³-hybridized carbons (Fsp3) is 0.120. The van der Waals surface area contributed by atoms with Gasteiger partial charge in [-0.2, -0.15) is 18.6 Å². The van der Waals surface area contributed by atoms with Crippen molar-refractivity contribution in [3.63, 3.8) is 0 Å². The van der Waals surface area contributed by atoms with Gasteiger partial charge in [0, 0.05) is 31.2 Å². The van der Waals surface area contributed by atoms with Crippen molar-refractivity contribution in [1.29, 1.82) is 5.26 Å². The maximum absolute atomic E-state index is 13.9. The first-order valence-electron chi connectivity index (χ1n) is 9.68. The molecule has 0 aliphatic carbocycles. The summed E-state index contributed by atoms with van der Waals surface area (Å²) in [4.78, 5) is 0. The molecule has 0 bridgehead atoms. The molecule has 0 aliphatic rings. The van der Waals surface area contributed by atoms with Crippen molar-refractivity contribution in [2.45, 2.75) is 19.4 Å². The lowest BCUT2D eigenvalue weighted by molar-refractivity contribution is -0.715. The first kappa shape index (κ1) is 22.8. The van der Waals surface area contributed by atoms with E-state index in [1.54, 1.807) is 48.6 Å². The van der Waals surface area contributed by atoms with Crippen molar-refractivity contribution >= 4 is 30.0 Å². The van der Waals surface area contributed by atoms with E-state index in [2.05, 4.69) is 0 Å². The molecule has 0 aliphatic heterocycles. The first-order chi connectivity index (χ1) is 15.2. The Morgan fingerprint density at radius 2 is 1.47 bits per heavy atom. The van der Waals surface area contributed by atoms with Crippen LogP contribution in [0.1, 0.15) is 35.0 Å². The summed E-state index contributed by atoms with van der Waals surface area (Å²) in [5.41, 5.74) is 7.63. The van der Waals surface area contributed by atoms with E-state index >= 15 is 0 Å². The molecule has 0 fully saturated rings. The minimum absolute atomic E-state index is 0.00663. The van der Waals surface area contributed by atoms with E-state index in [0.717, 1.165) is 6.92 Å². The Balaban J connectivity index is 2.00. The van der Waals surface area contributed by atoms with E-state index < -0.39 is 24.1 Å². The first-order valence-corrected chi connectivity index (χ1v) is 9.68. The van der Waals surface area contributed by atoms with Crippen LogP contribution in [-0.4, -0.2) is 5.92 Å². The number of nitrogens with two attached hydrogens (primary N) is 1. The van der Waals surface area contributed by atoms with Gasteiger partial charge in [0.25, 0.3) is 0 Å². The Morgan fingerprint density at radius 3 is 2.00 bits per heavy atom. The third-order valence-corrected chi connectivity index (χ3v) is 4.62. The smallest absolute Gasteiger partial charge is 0.302 e. The highest BCUT2D eigenvalue weighted by atomic mass is 19.3. The summed E-state index contributed by atoms with van der Waals surface area (Å²) >= 11 is 0. The van der Waals surface area contributed by atoms with Crippen molar-refractivity contribution in [2.24, 2.45) is 0 Å². The number of halogens is 4. The van der Waals surface area contributed by atoms with Gasteiger partial charge in [-0.25, -0.2) is 8.78 Å². The largest absolute Gasteiger partial charge is 0.396 e. The van der Waals surface area contributed by atoms with Crippen LogP contribution in [0, 0.1) is 23.0 Å². The van der Waals surface area contributed by atoms with Gasteiger partial charge in [-0.05, 0) is 53.6 Å². The van der Waals surface area contributed by atoms with Gasteiger partial charge in [0.15, 0.2) is 0 Å². The fourth-order valence-electron chi connectivity index (χ4n) is 3.09. The second-order valence-corrected chi connectivity index (χ2v) is 7.33. The normalized spacial score (nSPS) is 11.9. The monoisotopic (exact) mass is 438 g/mol. The van der Waals surface area contributed by atoms with Crippen molar-refractivity contribution in [3.05, 3.63) is 94.3 Å². The molecule has 0 saturated carbocycles. The molecule has 2 N–H and O–H groups in total. The van der Waals surface area contributed by atoms with Crippen LogP contribution >= 0.6 is 0 Å². The van der Waals surface area contributed by atoms with Gasteiger partial charge < -0.3 is 5.73 Å². The number of pyridine rings is 1.